The van der Waals surface area contributed by atoms with Crippen molar-refractivity contribution in [1.82, 2.24) is 43.6 Å². The van der Waals surface area contributed by atoms with E-state index in [4.69, 9.17) is 34.3 Å². The zero-order valence-electron chi connectivity index (χ0n) is 80.2. The van der Waals surface area contributed by atoms with E-state index in [1.165, 1.54) is 162 Å². The monoisotopic (exact) mass is 1900 g/mol. The first-order valence-corrected chi connectivity index (χ1v) is 59.2. The summed E-state index contributed by atoms with van der Waals surface area (Å²) in [5, 5.41) is 20.2. The van der Waals surface area contributed by atoms with E-state index >= 15 is 0 Å². The van der Waals surface area contributed by atoms with Crippen molar-refractivity contribution in [2.45, 2.75) is 58.5 Å². The molecule has 0 N–H and O–H groups in total. The molecular formula is C129H93N9OSSi3. The summed E-state index contributed by atoms with van der Waals surface area (Å²) < 4.78 is 16.4. The number of aromatic nitrogens is 9. The summed E-state index contributed by atoms with van der Waals surface area (Å²) in [6.07, 6.45) is 0. The molecule has 3 aliphatic heterocycles. The summed E-state index contributed by atoms with van der Waals surface area (Å²) in [6.45, 7) is 19.3. The van der Waals surface area contributed by atoms with Gasteiger partial charge in [0, 0.05) is 141 Å². The number of hydrogen-bond donors (Lipinski definition) is 0. The van der Waals surface area contributed by atoms with Crippen molar-refractivity contribution >= 4 is 175 Å². The normalized spacial score (nSPS) is 14.0. The van der Waals surface area contributed by atoms with Crippen LogP contribution in [0.15, 0.2) is 423 Å². The zero-order chi connectivity index (χ0) is 95.6. The minimum Gasteiger partial charge on any atom is -0.456 e. The van der Waals surface area contributed by atoms with Gasteiger partial charge in [0.2, 0.25) is 0 Å². The molecule has 0 unspecified atom stereocenters. The average molecular weight is 1900 g/mol. The summed E-state index contributed by atoms with van der Waals surface area (Å²) in [5.74, 6) is 2.31. The van der Waals surface area contributed by atoms with Gasteiger partial charge < -0.3 is 18.1 Å². The fourth-order valence-electron chi connectivity index (χ4n) is 24.5. The first-order valence-electron chi connectivity index (χ1n) is 49.4. The number of rotatable bonds is 9. The van der Waals surface area contributed by atoms with Gasteiger partial charge in [-0.3, -0.25) is 0 Å². The summed E-state index contributed by atoms with van der Waals surface area (Å²) in [5.41, 5.74) is 34.4. The highest BCUT2D eigenvalue weighted by Gasteiger charge is 2.46. The van der Waals surface area contributed by atoms with E-state index in [1.54, 1.807) is 0 Å². The highest BCUT2D eigenvalue weighted by molar-refractivity contribution is 7.26. The van der Waals surface area contributed by atoms with Gasteiger partial charge in [-0.1, -0.05) is 387 Å². The van der Waals surface area contributed by atoms with E-state index in [1.807, 2.05) is 17.4 Å². The van der Waals surface area contributed by atoms with Crippen molar-refractivity contribution in [2.75, 3.05) is 0 Å². The topological polar surface area (TPSA) is 105 Å². The fraction of sp³-hybridized carbons (Fsp3) is 0.0698. The van der Waals surface area contributed by atoms with Gasteiger partial charge in [-0.2, -0.15) is 0 Å². The van der Waals surface area contributed by atoms with Crippen molar-refractivity contribution in [1.29, 1.82) is 0 Å². The maximum atomic E-state index is 6.40. The number of fused-ring (bicyclic) bond motifs is 30. The van der Waals surface area contributed by atoms with Gasteiger partial charge in [-0.05, 0) is 134 Å². The standard InChI is InChI=1S/C45H35N3Si.C42H29N3OSi.C42H29N3SSi/c1-45(2)35-22-11-8-20-33(35)39-36(45)26-25-32-31-19-9-12-23-37(31)48(42(32)39)30-18-14-17-29(27-30)43-46-41(28-15-6-5-7-16-28)40-34-21-10-13-24-38(34)49(3,4)44(40)47-43;2*1-47(2)36-23-13-9-19-31(36)38-39(26-14-4-3-5-15-26)43-41(44-42(38)47)29-17-7-11-21-33(29)45-32-20-10-6-16-27(32)28-24-25-35-37(40(28)45)30-18-8-12-22-34(30)46-35/h5-27H,1-4H3;2*3-25H,1-2H3. The molecule has 1 aliphatic carbocycles. The van der Waals surface area contributed by atoms with Crippen LogP contribution in [-0.4, -0.2) is 67.8 Å². The first-order chi connectivity index (χ1) is 70.0. The Morgan fingerprint density at radius 3 is 1.16 bits per heavy atom. The van der Waals surface area contributed by atoms with Crippen LogP contribution in [0.5, 0.6) is 0 Å². The third kappa shape index (κ3) is 12.6. The van der Waals surface area contributed by atoms with Crippen molar-refractivity contribution in [2.24, 2.45) is 0 Å². The third-order valence-corrected chi connectivity index (χ3v) is 42.2. The lowest BCUT2D eigenvalue weighted by Crippen LogP contribution is -2.50. The van der Waals surface area contributed by atoms with Gasteiger partial charge in [-0.25, -0.2) is 29.9 Å². The Hall–Kier alpha value is -16.7. The van der Waals surface area contributed by atoms with Gasteiger partial charge in [0.15, 0.2) is 17.5 Å². The van der Waals surface area contributed by atoms with E-state index < -0.39 is 24.2 Å². The molecule has 143 heavy (non-hydrogen) atoms. The second-order valence-electron chi connectivity index (χ2n) is 40.5. The molecule has 678 valence electrons. The lowest BCUT2D eigenvalue weighted by molar-refractivity contribution is 0.661. The van der Waals surface area contributed by atoms with Crippen molar-refractivity contribution in [3.63, 3.8) is 0 Å². The van der Waals surface area contributed by atoms with Crippen molar-refractivity contribution < 1.29 is 4.42 Å². The van der Waals surface area contributed by atoms with Crippen LogP contribution >= 0.6 is 11.3 Å². The number of hydrogen-bond acceptors (Lipinski definition) is 8. The predicted octanol–water partition coefficient (Wildman–Crippen LogP) is 29.7. The first kappa shape index (κ1) is 84.3. The summed E-state index contributed by atoms with van der Waals surface area (Å²) >= 11 is 1.86. The Morgan fingerprint density at radius 2 is 0.636 bits per heavy atom. The third-order valence-electron chi connectivity index (χ3n) is 31.1. The molecule has 11 heterocycles. The largest absolute Gasteiger partial charge is 0.456 e. The number of para-hydroxylation sites is 6. The van der Waals surface area contributed by atoms with E-state index in [0.717, 1.165) is 118 Å². The Morgan fingerprint density at radius 1 is 0.252 bits per heavy atom. The van der Waals surface area contributed by atoms with Gasteiger partial charge in [0.05, 0.1) is 66.9 Å². The van der Waals surface area contributed by atoms with Crippen LogP contribution in [0.1, 0.15) is 25.0 Å². The molecule has 0 amide bonds. The second-order valence-corrected chi connectivity index (χ2v) is 54.4. The molecule has 4 aliphatic rings. The molecular weight excluding hydrogens is 1810 g/mol. The van der Waals surface area contributed by atoms with Crippen LogP contribution in [0.2, 0.25) is 39.3 Å². The van der Waals surface area contributed by atoms with E-state index in [-0.39, 0.29) is 5.41 Å². The summed E-state index contributed by atoms with van der Waals surface area (Å²) in [7, 11) is -6.27. The minimum atomic E-state index is -2.11. The van der Waals surface area contributed by atoms with Gasteiger partial charge in [0.1, 0.15) is 35.4 Å². The Labute approximate surface area is 834 Å². The number of benzene rings is 18. The smallest absolute Gasteiger partial charge is 0.161 e. The molecule has 14 heteroatoms. The van der Waals surface area contributed by atoms with E-state index in [9.17, 15) is 0 Å². The molecule has 18 aromatic carbocycles. The highest BCUT2D eigenvalue weighted by atomic mass is 32.1. The van der Waals surface area contributed by atoms with Crippen LogP contribution in [0.3, 0.4) is 0 Å². The van der Waals surface area contributed by atoms with Crippen LogP contribution in [0.25, 0.3) is 237 Å². The Bertz CT molecular complexity index is 9520. The maximum Gasteiger partial charge on any atom is 0.161 e. The molecule has 0 saturated carbocycles. The Balaban J connectivity index is 0.000000105. The minimum absolute atomic E-state index is 0.0797. The van der Waals surface area contributed by atoms with E-state index in [0.29, 0.717) is 0 Å². The number of thiophene rings is 1. The van der Waals surface area contributed by atoms with Gasteiger partial charge in [0.25, 0.3) is 0 Å². The molecule has 30 rings (SSSR count). The maximum absolute atomic E-state index is 6.40. The second kappa shape index (κ2) is 31.9. The van der Waals surface area contributed by atoms with Crippen LogP contribution < -0.4 is 31.5 Å². The molecule has 0 spiro atoms. The molecule has 26 aromatic rings. The van der Waals surface area contributed by atoms with Crippen LogP contribution in [-0.2, 0) is 5.41 Å². The van der Waals surface area contributed by atoms with Crippen molar-refractivity contribution in [3.8, 4) is 130 Å². The molecule has 0 radical (unpaired) electrons. The zero-order valence-corrected chi connectivity index (χ0v) is 84.0. The molecule has 10 nitrogen and oxygen atoms in total. The highest BCUT2D eigenvalue weighted by Crippen LogP contribution is 2.55. The van der Waals surface area contributed by atoms with Crippen LogP contribution in [0.4, 0.5) is 0 Å². The quantitative estimate of drug-likeness (QED) is 0.133. The summed E-state index contributed by atoms with van der Waals surface area (Å²) in [4.78, 5) is 32.9. The molecule has 0 saturated heterocycles. The molecule has 8 aromatic heterocycles. The van der Waals surface area contributed by atoms with Gasteiger partial charge in [-0.15, -0.1) is 11.3 Å². The lowest BCUT2D eigenvalue weighted by atomic mass is 9.82. The SMILES string of the molecule is CC1(C)c2ccccc2-c2c1ccc1c3ccccc3n(-c3cccc(-c4nc(-c5ccccc5)c5c(n4)[Si](C)(C)c4ccccc4-5)c3)c21.C[Si]1(C)c2ccccc2-c2c(-c3ccccc3)nc(-c3ccccc3-n3c4ccccc4c4ccc5oc6ccccc6c5c43)nc21.C[Si]1(C)c2ccccc2-c2c(-c3ccccc3)nc(-c3ccccc3-n3c4ccccc4c4ccc5sc6ccccc6c5c43)nc21. The van der Waals surface area contributed by atoms with Gasteiger partial charge >= 0.3 is 0 Å². The van der Waals surface area contributed by atoms with Crippen molar-refractivity contribution in [3.05, 3.63) is 430 Å². The number of furan rings is 1. The molecule has 0 fully saturated rings. The van der Waals surface area contributed by atoms with Crippen LogP contribution in [0, 0.1) is 0 Å². The van der Waals surface area contributed by atoms with E-state index in [2.05, 4.69) is 479 Å². The summed E-state index contributed by atoms with van der Waals surface area (Å²) in [6, 6.07) is 151. The number of nitrogens with zero attached hydrogens (tertiary/aromatic N) is 9. The molecule has 0 bridgehead atoms. The lowest BCUT2D eigenvalue weighted by Gasteiger charge is -2.21. The molecule has 0 atom stereocenters. The predicted molar refractivity (Wildman–Crippen MR) is 606 cm³/mol. The Kier molecular flexibility index (Phi) is 18.8. The fourth-order valence-corrected chi connectivity index (χ4v) is 34.3. The average Bonchev–Trinajstić information content (AvgIpc) is 1.54.